The van der Waals surface area contributed by atoms with Gasteiger partial charge in [0.1, 0.15) is 6.29 Å². The first kappa shape index (κ1) is 12.1. The van der Waals surface area contributed by atoms with Crippen LogP contribution in [0.1, 0.15) is 15.9 Å². The van der Waals surface area contributed by atoms with Crippen LogP contribution < -0.4 is 5.32 Å². The number of nitro benzene ring substituents is 1. The summed E-state index contributed by atoms with van der Waals surface area (Å²) in [4.78, 5) is 20.8. The highest BCUT2D eigenvalue weighted by Gasteiger charge is 2.11. The van der Waals surface area contributed by atoms with Gasteiger partial charge in [0.2, 0.25) is 0 Å². The van der Waals surface area contributed by atoms with Crippen LogP contribution in [0.15, 0.2) is 24.3 Å². The Balaban J connectivity index is 3.08. The molecule has 0 heterocycles. The number of likely N-dealkylation sites (N-methyl/N-ethyl adjacent to an activating group) is 1. The van der Waals surface area contributed by atoms with E-state index in [1.807, 2.05) is 0 Å². The van der Waals surface area contributed by atoms with Crippen LogP contribution in [0.5, 0.6) is 0 Å². The van der Waals surface area contributed by atoms with E-state index in [0.717, 1.165) is 0 Å². The molecule has 0 aliphatic heterocycles. The third-order valence-electron chi connectivity index (χ3n) is 2.01. The summed E-state index contributed by atoms with van der Waals surface area (Å²) in [6.45, 7) is 0.632. The molecule has 16 heavy (non-hydrogen) atoms. The average Bonchev–Trinajstić information content (AvgIpc) is 2.29. The van der Waals surface area contributed by atoms with Gasteiger partial charge in [0.05, 0.1) is 10.5 Å². The Bertz CT molecular complexity index is 427. The second-order valence-electron chi connectivity index (χ2n) is 3.15. The van der Waals surface area contributed by atoms with Gasteiger partial charge in [-0.3, -0.25) is 14.9 Å². The number of hydrogen-bond acceptors (Lipinski definition) is 4. The van der Waals surface area contributed by atoms with Crippen LogP contribution in [0.4, 0.5) is 5.69 Å². The van der Waals surface area contributed by atoms with Crippen molar-refractivity contribution in [2.45, 2.75) is 0 Å². The molecule has 0 spiro atoms. The number of aldehydes is 1. The van der Waals surface area contributed by atoms with Crippen LogP contribution in [-0.4, -0.2) is 24.8 Å². The lowest BCUT2D eigenvalue weighted by Crippen LogP contribution is -2.03. The number of nitrogens with zero attached hydrogens (tertiary/aromatic N) is 1. The van der Waals surface area contributed by atoms with Crippen molar-refractivity contribution >= 4 is 18.0 Å². The minimum absolute atomic E-state index is 0.0584. The Hall–Kier alpha value is -2.01. The van der Waals surface area contributed by atoms with Gasteiger partial charge in [-0.05, 0) is 13.1 Å². The van der Waals surface area contributed by atoms with Crippen molar-refractivity contribution in [3.63, 3.8) is 0 Å². The van der Waals surface area contributed by atoms with Crippen molar-refractivity contribution in [3.05, 3.63) is 45.5 Å². The van der Waals surface area contributed by atoms with Gasteiger partial charge in [0, 0.05) is 18.2 Å². The number of rotatable bonds is 5. The minimum atomic E-state index is -0.494. The summed E-state index contributed by atoms with van der Waals surface area (Å²) >= 11 is 0. The molecule has 0 radical (unpaired) electrons. The van der Waals surface area contributed by atoms with Gasteiger partial charge in [0.25, 0.3) is 5.69 Å². The normalized spacial score (nSPS) is 10.6. The lowest BCUT2D eigenvalue weighted by molar-refractivity contribution is -0.385. The van der Waals surface area contributed by atoms with E-state index in [-0.39, 0.29) is 5.69 Å². The van der Waals surface area contributed by atoms with Gasteiger partial charge >= 0.3 is 0 Å². The monoisotopic (exact) mass is 220 g/mol. The van der Waals surface area contributed by atoms with Gasteiger partial charge in [-0.15, -0.1) is 0 Å². The summed E-state index contributed by atoms with van der Waals surface area (Å²) in [6.07, 6.45) is 4.03. The molecule has 1 rings (SSSR count). The number of carbonyl (C=O) groups is 1. The first-order chi connectivity index (χ1) is 7.69. The number of hydrogen-bond donors (Lipinski definition) is 1. The first-order valence-corrected chi connectivity index (χ1v) is 4.73. The molecule has 0 aromatic heterocycles. The molecule has 0 saturated heterocycles. The van der Waals surface area contributed by atoms with Crippen LogP contribution in [0.25, 0.3) is 6.08 Å². The molecule has 0 bridgehead atoms. The van der Waals surface area contributed by atoms with Crippen LogP contribution in [0.2, 0.25) is 0 Å². The summed E-state index contributed by atoms with van der Waals surface area (Å²) in [5.74, 6) is 0. The molecule has 0 unspecified atom stereocenters. The predicted molar refractivity (Wildman–Crippen MR) is 61.4 cm³/mol. The topological polar surface area (TPSA) is 72.2 Å². The number of benzene rings is 1. The zero-order valence-electron chi connectivity index (χ0n) is 8.84. The fourth-order valence-electron chi connectivity index (χ4n) is 1.24. The highest BCUT2D eigenvalue weighted by Crippen LogP contribution is 2.20. The molecule has 1 aromatic rings. The molecule has 0 atom stereocenters. The molecular weight excluding hydrogens is 208 g/mol. The van der Waals surface area contributed by atoms with E-state index in [1.165, 1.54) is 6.07 Å². The maximum Gasteiger partial charge on any atom is 0.277 e. The predicted octanol–water partition coefficient (Wildman–Crippen LogP) is 1.64. The van der Waals surface area contributed by atoms with Gasteiger partial charge in [-0.25, -0.2) is 0 Å². The van der Waals surface area contributed by atoms with Gasteiger partial charge in [-0.1, -0.05) is 18.2 Å². The highest BCUT2D eigenvalue weighted by molar-refractivity contribution is 5.78. The van der Waals surface area contributed by atoms with Crippen molar-refractivity contribution in [1.82, 2.24) is 5.32 Å². The van der Waals surface area contributed by atoms with Gasteiger partial charge in [0.15, 0.2) is 0 Å². The van der Waals surface area contributed by atoms with Crippen molar-refractivity contribution in [2.24, 2.45) is 0 Å². The van der Waals surface area contributed by atoms with Crippen LogP contribution in [0, 0.1) is 10.1 Å². The molecule has 0 aliphatic rings. The molecule has 5 nitrogen and oxygen atoms in total. The lowest BCUT2D eigenvalue weighted by Gasteiger charge is -1.98. The average molecular weight is 220 g/mol. The fourth-order valence-corrected chi connectivity index (χ4v) is 1.24. The molecule has 1 N–H and O–H groups in total. The fraction of sp³-hybridized carbons (Fsp3) is 0.182. The quantitative estimate of drug-likeness (QED) is 0.465. The molecule has 0 aliphatic carbocycles. The largest absolute Gasteiger partial charge is 0.316 e. The maximum atomic E-state index is 10.8. The summed E-state index contributed by atoms with van der Waals surface area (Å²) in [5, 5.41) is 13.7. The smallest absolute Gasteiger partial charge is 0.277 e. The van der Waals surface area contributed by atoms with E-state index in [1.54, 1.807) is 31.3 Å². The molecule has 1 aromatic carbocycles. The first-order valence-electron chi connectivity index (χ1n) is 4.73. The molecular formula is C11H12N2O3. The second-order valence-corrected chi connectivity index (χ2v) is 3.15. The van der Waals surface area contributed by atoms with E-state index in [9.17, 15) is 14.9 Å². The summed E-state index contributed by atoms with van der Waals surface area (Å²) in [7, 11) is 1.79. The van der Waals surface area contributed by atoms with Crippen molar-refractivity contribution in [2.75, 3.05) is 13.6 Å². The number of nitro groups is 1. The van der Waals surface area contributed by atoms with E-state index in [4.69, 9.17) is 0 Å². The Morgan fingerprint density at radius 1 is 1.50 bits per heavy atom. The molecule has 0 fully saturated rings. The second kappa shape index (κ2) is 5.77. The zero-order valence-corrected chi connectivity index (χ0v) is 8.84. The molecule has 84 valence electrons. The van der Waals surface area contributed by atoms with Crippen LogP contribution in [-0.2, 0) is 0 Å². The standard InChI is InChI=1S/C11H12N2O3/c1-12-6-2-3-10-5-4-9(8-14)7-11(10)13(15)16/h2-5,7-8,12H,6H2,1H3. The maximum absolute atomic E-state index is 10.8. The summed E-state index contributed by atoms with van der Waals surface area (Å²) in [5.41, 5.74) is 0.736. The van der Waals surface area contributed by atoms with E-state index in [2.05, 4.69) is 5.32 Å². The number of carbonyl (C=O) groups excluding carboxylic acids is 1. The lowest BCUT2D eigenvalue weighted by atomic mass is 10.1. The van der Waals surface area contributed by atoms with Crippen molar-refractivity contribution < 1.29 is 9.72 Å². The third kappa shape index (κ3) is 2.99. The van der Waals surface area contributed by atoms with Crippen LogP contribution >= 0.6 is 0 Å². The van der Waals surface area contributed by atoms with Gasteiger partial charge in [-0.2, -0.15) is 0 Å². The SMILES string of the molecule is CNCC=Cc1ccc(C=O)cc1[N+](=O)[O-]. The summed E-state index contributed by atoms with van der Waals surface area (Å²) < 4.78 is 0. The highest BCUT2D eigenvalue weighted by atomic mass is 16.6. The molecule has 0 amide bonds. The summed E-state index contributed by atoms with van der Waals surface area (Å²) in [6, 6.07) is 4.39. The molecule has 5 heteroatoms. The third-order valence-corrected chi connectivity index (χ3v) is 2.01. The van der Waals surface area contributed by atoms with E-state index >= 15 is 0 Å². The Kier molecular flexibility index (Phi) is 4.35. The molecule has 0 saturated carbocycles. The van der Waals surface area contributed by atoms with Crippen molar-refractivity contribution in [1.29, 1.82) is 0 Å². The van der Waals surface area contributed by atoms with Gasteiger partial charge < -0.3 is 5.32 Å². The Labute approximate surface area is 92.9 Å². The number of nitrogens with one attached hydrogen (secondary N) is 1. The van der Waals surface area contributed by atoms with Crippen LogP contribution in [0.3, 0.4) is 0 Å². The van der Waals surface area contributed by atoms with E-state index < -0.39 is 4.92 Å². The minimum Gasteiger partial charge on any atom is -0.316 e. The van der Waals surface area contributed by atoms with E-state index in [0.29, 0.717) is 24.0 Å². The Morgan fingerprint density at radius 3 is 2.81 bits per heavy atom. The zero-order chi connectivity index (χ0) is 12.0. The van der Waals surface area contributed by atoms with Crippen molar-refractivity contribution in [3.8, 4) is 0 Å². The Morgan fingerprint density at radius 2 is 2.25 bits per heavy atom.